The Morgan fingerprint density at radius 3 is 2.50 bits per heavy atom. The first kappa shape index (κ1) is 15.2. The second-order valence-corrected chi connectivity index (χ2v) is 6.61. The van der Waals surface area contributed by atoms with Crippen molar-refractivity contribution >= 4 is 0 Å². The normalized spacial score (nSPS) is 30.7. The molecule has 22 heavy (non-hydrogen) atoms. The van der Waals surface area contributed by atoms with Crippen LogP contribution in [0.3, 0.4) is 0 Å². The molecule has 120 valence electrons. The van der Waals surface area contributed by atoms with Gasteiger partial charge in [-0.2, -0.15) is 13.2 Å². The number of nitrogens with two attached hydrogens (primary N) is 1. The van der Waals surface area contributed by atoms with Crippen molar-refractivity contribution in [2.45, 2.75) is 49.7 Å². The van der Waals surface area contributed by atoms with Crippen LogP contribution in [0.25, 0.3) is 0 Å². The summed E-state index contributed by atoms with van der Waals surface area (Å²) in [5.41, 5.74) is 5.19. The van der Waals surface area contributed by atoms with Gasteiger partial charge < -0.3 is 15.8 Å². The number of halogens is 3. The molecule has 3 nitrogen and oxygen atoms in total. The van der Waals surface area contributed by atoms with E-state index in [0.29, 0.717) is 11.3 Å². The average molecular weight is 312 g/mol. The van der Waals surface area contributed by atoms with E-state index < -0.39 is 17.1 Å². The fourth-order valence-electron chi connectivity index (χ4n) is 3.36. The van der Waals surface area contributed by atoms with Crippen molar-refractivity contribution in [1.82, 2.24) is 4.98 Å². The van der Waals surface area contributed by atoms with Crippen molar-refractivity contribution in [3.8, 4) is 0 Å². The van der Waals surface area contributed by atoms with Crippen LogP contribution in [0.15, 0.2) is 35.6 Å². The molecule has 2 aliphatic carbocycles. The Hall–Kier alpha value is -1.69. The van der Waals surface area contributed by atoms with Crippen LogP contribution in [0.1, 0.15) is 44.0 Å². The molecule has 2 unspecified atom stereocenters. The largest absolute Gasteiger partial charge is 0.508 e. The highest BCUT2D eigenvalue weighted by atomic mass is 19.4. The van der Waals surface area contributed by atoms with E-state index in [-0.39, 0.29) is 30.2 Å². The SMILES string of the molecule is CC1=C(O)C=CC(C)(N)C1c1ccc(C2(C(F)(F)F)CC2)[nH]1. The molecular formula is C16H19F3N2O. The molecule has 1 fully saturated rings. The number of H-pyrrole nitrogens is 1. The number of aromatic amines is 1. The molecule has 1 heterocycles. The van der Waals surface area contributed by atoms with Crippen LogP contribution in [0.4, 0.5) is 13.2 Å². The summed E-state index contributed by atoms with van der Waals surface area (Å²) in [5.74, 6) is -0.267. The zero-order valence-corrected chi connectivity index (χ0v) is 12.5. The molecule has 4 N–H and O–H groups in total. The molecule has 2 aliphatic rings. The van der Waals surface area contributed by atoms with E-state index in [4.69, 9.17) is 5.73 Å². The number of hydrogen-bond donors (Lipinski definition) is 3. The summed E-state index contributed by atoms with van der Waals surface area (Å²) in [7, 11) is 0. The summed E-state index contributed by atoms with van der Waals surface area (Å²) >= 11 is 0. The van der Waals surface area contributed by atoms with Gasteiger partial charge in [0, 0.05) is 22.8 Å². The Kier molecular flexibility index (Phi) is 3.05. The number of allylic oxidation sites excluding steroid dienone is 1. The van der Waals surface area contributed by atoms with Crippen molar-refractivity contribution in [3.05, 3.63) is 47.0 Å². The third kappa shape index (κ3) is 2.08. The van der Waals surface area contributed by atoms with E-state index >= 15 is 0 Å². The summed E-state index contributed by atoms with van der Waals surface area (Å²) in [6.07, 6.45) is -0.812. The molecule has 1 saturated carbocycles. The Morgan fingerprint density at radius 2 is 1.95 bits per heavy atom. The lowest BCUT2D eigenvalue weighted by molar-refractivity contribution is -0.161. The zero-order valence-electron chi connectivity index (χ0n) is 12.5. The number of nitrogens with one attached hydrogen (secondary N) is 1. The zero-order chi connectivity index (χ0) is 16.3. The lowest BCUT2D eigenvalue weighted by atomic mass is 9.76. The number of hydrogen-bond acceptors (Lipinski definition) is 2. The van der Waals surface area contributed by atoms with E-state index in [9.17, 15) is 18.3 Å². The van der Waals surface area contributed by atoms with Gasteiger partial charge in [0.15, 0.2) is 0 Å². The molecule has 0 amide bonds. The highest BCUT2D eigenvalue weighted by Gasteiger charge is 2.65. The molecule has 3 rings (SSSR count). The molecule has 1 aromatic heterocycles. The van der Waals surface area contributed by atoms with Gasteiger partial charge in [-0.25, -0.2) is 0 Å². The number of aliphatic hydroxyl groups is 1. The van der Waals surface area contributed by atoms with Crippen LogP contribution >= 0.6 is 0 Å². The van der Waals surface area contributed by atoms with E-state index in [2.05, 4.69) is 4.98 Å². The number of rotatable bonds is 2. The highest BCUT2D eigenvalue weighted by molar-refractivity contribution is 5.42. The minimum atomic E-state index is -4.25. The van der Waals surface area contributed by atoms with Crippen molar-refractivity contribution < 1.29 is 18.3 Å². The fraction of sp³-hybridized carbons (Fsp3) is 0.500. The van der Waals surface area contributed by atoms with Crippen molar-refractivity contribution in [2.75, 3.05) is 0 Å². The quantitative estimate of drug-likeness (QED) is 0.777. The van der Waals surface area contributed by atoms with Gasteiger partial charge in [0.05, 0.1) is 0 Å². The molecule has 0 saturated heterocycles. The average Bonchev–Trinajstić information content (AvgIpc) is 3.09. The number of aliphatic hydroxyl groups excluding tert-OH is 1. The molecule has 2 atom stereocenters. The van der Waals surface area contributed by atoms with Crippen LogP contribution in [0.2, 0.25) is 0 Å². The Bertz CT molecular complexity index is 663. The van der Waals surface area contributed by atoms with Crippen molar-refractivity contribution in [1.29, 1.82) is 0 Å². The first-order chi connectivity index (χ1) is 10.1. The van der Waals surface area contributed by atoms with Crippen LogP contribution in [-0.2, 0) is 5.41 Å². The molecule has 0 aliphatic heterocycles. The molecular weight excluding hydrogens is 293 g/mol. The predicted molar refractivity (Wildman–Crippen MR) is 77.6 cm³/mol. The maximum atomic E-state index is 13.2. The first-order valence-electron chi connectivity index (χ1n) is 7.22. The first-order valence-corrected chi connectivity index (χ1v) is 7.22. The maximum Gasteiger partial charge on any atom is 0.399 e. The summed E-state index contributed by atoms with van der Waals surface area (Å²) in [6.45, 7) is 3.53. The third-order valence-corrected chi connectivity index (χ3v) is 4.89. The molecule has 6 heteroatoms. The smallest absolute Gasteiger partial charge is 0.399 e. The third-order valence-electron chi connectivity index (χ3n) is 4.89. The standard InChI is InChI=1S/C16H19F3N2O/c1-9-11(22)5-6-14(2,20)13(9)10-3-4-12(21-10)15(7-8-15)16(17,18)19/h3-6,13,21-22H,7-8,20H2,1-2H3. The number of alkyl halides is 3. The Morgan fingerprint density at radius 1 is 1.32 bits per heavy atom. The molecule has 0 radical (unpaired) electrons. The van der Waals surface area contributed by atoms with Gasteiger partial charge in [-0.05, 0) is 50.5 Å². The molecule has 0 bridgehead atoms. The lowest BCUT2D eigenvalue weighted by Crippen LogP contribution is -2.43. The van der Waals surface area contributed by atoms with Crippen LogP contribution in [0.5, 0.6) is 0 Å². The van der Waals surface area contributed by atoms with Gasteiger partial charge >= 0.3 is 6.18 Å². The van der Waals surface area contributed by atoms with E-state index in [1.54, 1.807) is 26.0 Å². The van der Waals surface area contributed by atoms with Crippen LogP contribution < -0.4 is 5.73 Å². The van der Waals surface area contributed by atoms with E-state index in [1.165, 1.54) is 12.1 Å². The maximum absolute atomic E-state index is 13.2. The minimum absolute atomic E-state index is 0.112. The predicted octanol–water partition coefficient (Wildman–Crippen LogP) is 3.81. The summed E-state index contributed by atoms with van der Waals surface area (Å²) in [5, 5.41) is 9.89. The van der Waals surface area contributed by atoms with E-state index in [1.807, 2.05) is 0 Å². The van der Waals surface area contributed by atoms with Gasteiger partial charge in [-0.15, -0.1) is 0 Å². The van der Waals surface area contributed by atoms with Gasteiger partial charge in [0.1, 0.15) is 11.2 Å². The van der Waals surface area contributed by atoms with Crippen LogP contribution in [0, 0.1) is 0 Å². The molecule has 0 aromatic carbocycles. The van der Waals surface area contributed by atoms with Gasteiger partial charge in [0.2, 0.25) is 0 Å². The topological polar surface area (TPSA) is 62.0 Å². The van der Waals surface area contributed by atoms with Gasteiger partial charge in [0.25, 0.3) is 0 Å². The summed E-state index contributed by atoms with van der Waals surface area (Å²) in [4.78, 5) is 2.92. The van der Waals surface area contributed by atoms with E-state index in [0.717, 1.165) is 0 Å². The lowest BCUT2D eigenvalue weighted by Gasteiger charge is -2.35. The van der Waals surface area contributed by atoms with Crippen molar-refractivity contribution in [3.63, 3.8) is 0 Å². The summed E-state index contributed by atoms with van der Waals surface area (Å²) < 4.78 is 39.7. The van der Waals surface area contributed by atoms with Gasteiger partial charge in [-0.1, -0.05) is 6.08 Å². The fourth-order valence-corrected chi connectivity index (χ4v) is 3.36. The highest BCUT2D eigenvalue weighted by Crippen LogP contribution is 2.58. The second-order valence-electron chi connectivity index (χ2n) is 6.61. The summed E-state index contributed by atoms with van der Waals surface area (Å²) in [6, 6.07) is 3.14. The second kappa shape index (κ2) is 4.41. The van der Waals surface area contributed by atoms with Crippen molar-refractivity contribution in [2.24, 2.45) is 5.73 Å². The Balaban J connectivity index is 2.00. The van der Waals surface area contributed by atoms with Crippen LogP contribution in [-0.4, -0.2) is 21.8 Å². The Labute approximate surface area is 126 Å². The van der Waals surface area contributed by atoms with Gasteiger partial charge in [-0.3, -0.25) is 0 Å². The number of aromatic nitrogens is 1. The molecule has 0 spiro atoms. The molecule has 1 aromatic rings. The minimum Gasteiger partial charge on any atom is -0.508 e. The monoisotopic (exact) mass is 312 g/mol.